The van der Waals surface area contributed by atoms with E-state index in [1.807, 2.05) is 32.9 Å². The third-order valence-electron chi connectivity index (χ3n) is 5.48. The van der Waals surface area contributed by atoms with Crippen LogP contribution in [0.3, 0.4) is 0 Å². The Balaban J connectivity index is 1.52. The van der Waals surface area contributed by atoms with Gasteiger partial charge in [-0.05, 0) is 44.1 Å². The van der Waals surface area contributed by atoms with Gasteiger partial charge in [-0.3, -0.25) is 25.4 Å². The Morgan fingerprint density at radius 1 is 1.14 bits per heavy atom. The zero-order valence-electron chi connectivity index (χ0n) is 21.5. The molecular formula is C25H36N6O4S. The summed E-state index contributed by atoms with van der Waals surface area (Å²) >= 11 is 1.42. The van der Waals surface area contributed by atoms with Gasteiger partial charge >= 0.3 is 6.09 Å². The number of ether oxygens (including phenoxy) is 1. The number of carbonyl (C=O) groups excluding carboxylic acids is 3. The molecule has 0 radical (unpaired) electrons. The summed E-state index contributed by atoms with van der Waals surface area (Å²) in [6, 6.07) is 3.25. The van der Waals surface area contributed by atoms with E-state index in [-0.39, 0.29) is 18.2 Å². The summed E-state index contributed by atoms with van der Waals surface area (Å²) in [4.78, 5) is 48.6. The minimum absolute atomic E-state index is 0.0344. The van der Waals surface area contributed by atoms with Crippen LogP contribution in [0, 0.1) is 18.8 Å². The molecule has 2 heterocycles. The molecule has 2 aromatic heterocycles. The Hall–Kier alpha value is -3.21. The highest BCUT2D eigenvalue weighted by atomic mass is 32.1. The van der Waals surface area contributed by atoms with Crippen LogP contribution in [0.15, 0.2) is 23.7 Å². The number of carbonyl (C=O) groups is 3. The lowest BCUT2D eigenvalue weighted by Crippen LogP contribution is -2.52. The van der Waals surface area contributed by atoms with Gasteiger partial charge in [0.25, 0.3) is 11.8 Å². The number of aromatic nitrogens is 2. The number of hydrogen-bond donors (Lipinski definition) is 3. The standard InChI is InChI=1S/C25H36N6O4S/c1-15(2)10-20(28-25(34)35-13-18-7-6-17(5)26-11-18)22(32)29-30-23(33)21-14-36-24(27-21)31(12-16(3)4)19-8-9-19/h6-7,11,14-16,19-20H,8-10,12-13H2,1-5H3,(H,28,34)(H,29,32)(H,30,33)/t20-/m0/s1. The number of nitrogens with one attached hydrogen (secondary N) is 3. The van der Waals surface area contributed by atoms with Gasteiger partial charge in [0.05, 0.1) is 0 Å². The SMILES string of the molecule is Cc1ccc(COC(=O)N[C@@H](CC(C)C)C(=O)NNC(=O)c2csc(N(CC(C)C)C3CC3)n2)cn1. The van der Waals surface area contributed by atoms with Crippen LogP contribution in [0.2, 0.25) is 0 Å². The van der Waals surface area contributed by atoms with Gasteiger partial charge in [0.1, 0.15) is 18.3 Å². The molecule has 3 N–H and O–H groups in total. The lowest BCUT2D eigenvalue weighted by atomic mass is 10.0. The van der Waals surface area contributed by atoms with Crippen molar-refractivity contribution < 1.29 is 19.1 Å². The second-order valence-corrected chi connectivity index (χ2v) is 10.8. The molecule has 0 saturated heterocycles. The normalized spacial score (nSPS) is 13.9. The van der Waals surface area contributed by atoms with E-state index in [0.717, 1.165) is 35.8 Å². The first kappa shape index (κ1) is 27.4. The van der Waals surface area contributed by atoms with E-state index in [4.69, 9.17) is 4.74 Å². The number of hydrogen-bond acceptors (Lipinski definition) is 8. The number of amides is 3. The average Bonchev–Trinajstić information content (AvgIpc) is 3.55. The second-order valence-electron chi connectivity index (χ2n) is 9.95. The smallest absolute Gasteiger partial charge is 0.408 e. The second kappa shape index (κ2) is 12.7. The molecule has 196 valence electrons. The van der Waals surface area contributed by atoms with Gasteiger partial charge in [0.15, 0.2) is 5.13 Å². The maximum atomic E-state index is 12.8. The number of alkyl carbamates (subject to hydrolysis) is 1. The van der Waals surface area contributed by atoms with Gasteiger partial charge in [0, 0.05) is 35.4 Å². The summed E-state index contributed by atoms with van der Waals surface area (Å²) in [5.74, 6) is -0.449. The largest absolute Gasteiger partial charge is 0.445 e. The first-order chi connectivity index (χ1) is 17.1. The molecule has 3 rings (SSSR count). The molecule has 36 heavy (non-hydrogen) atoms. The van der Waals surface area contributed by atoms with E-state index in [9.17, 15) is 14.4 Å². The van der Waals surface area contributed by atoms with Crippen molar-refractivity contribution in [2.45, 2.75) is 72.6 Å². The van der Waals surface area contributed by atoms with Gasteiger partial charge in [-0.15, -0.1) is 11.3 Å². The number of rotatable bonds is 11. The summed E-state index contributed by atoms with van der Waals surface area (Å²) in [7, 11) is 0. The molecule has 0 unspecified atom stereocenters. The van der Waals surface area contributed by atoms with E-state index < -0.39 is 23.9 Å². The van der Waals surface area contributed by atoms with Crippen LogP contribution in [0.4, 0.5) is 9.93 Å². The first-order valence-electron chi connectivity index (χ1n) is 12.3. The van der Waals surface area contributed by atoms with Crippen LogP contribution in [0.1, 0.15) is 68.7 Å². The minimum Gasteiger partial charge on any atom is -0.445 e. The van der Waals surface area contributed by atoms with E-state index in [1.54, 1.807) is 11.6 Å². The summed E-state index contributed by atoms with van der Waals surface area (Å²) in [6.45, 7) is 11.0. The molecule has 0 aliphatic heterocycles. The molecule has 1 saturated carbocycles. The molecule has 0 aromatic carbocycles. The number of anilines is 1. The fourth-order valence-electron chi connectivity index (χ4n) is 3.55. The van der Waals surface area contributed by atoms with Crippen molar-refractivity contribution in [3.8, 4) is 0 Å². The number of pyridine rings is 1. The highest BCUT2D eigenvalue weighted by Crippen LogP contribution is 2.34. The lowest BCUT2D eigenvalue weighted by molar-refractivity contribution is -0.124. The number of hydrazine groups is 1. The maximum absolute atomic E-state index is 12.8. The number of nitrogens with zero attached hydrogens (tertiary/aromatic N) is 3. The molecule has 10 nitrogen and oxygen atoms in total. The molecule has 1 aliphatic carbocycles. The van der Waals surface area contributed by atoms with Crippen molar-refractivity contribution >= 4 is 34.4 Å². The van der Waals surface area contributed by atoms with Crippen molar-refractivity contribution in [1.82, 2.24) is 26.1 Å². The lowest BCUT2D eigenvalue weighted by Gasteiger charge is -2.23. The molecule has 0 spiro atoms. The third-order valence-corrected chi connectivity index (χ3v) is 6.36. The molecule has 3 amide bonds. The van der Waals surface area contributed by atoms with Crippen molar-refractivity contribution in [1.29, 1.82) is 0 Å². The minimum atomic E-state index is -0.878. The molecular weight excluding hydrogens is 480 g/mol. The van der Waals surface area contributed by atoms with E-state index >= 15 is 0 Å². The van der Waals surface area contributed by atoms with Crippen LogP contribution >= 0.6 is 11.3 Å². The Kier molecular flexibility index (Phi) is 9.63. The van der Waals surface area contributed by atoms with Crippen molar-refractivity contribution in [3.63, 3.8) is 0 Å². The zero-order valence-corrected chi connectivity index (χ0v) is 22.4. The Morgan fingerprint density at radius 2 is 1.89 bits per heavy atom. The Labute approximate surface area is 216 Å². The van der Waals surface area contributed by atoms with Crippen LogP contribution in [0.25, 0.3) is 0 Å². The summed E-state index contributed by atoms with van der Waals surface area (Å²) in [6.07, 6.45) is 3.55. The van der Waals surface area contributed by atoms with Crippen molar-refractivity contribution in [2.24, 2.45) is 11.8 Å². The number of thiazole rings is 1. The highest BCUT2D eigenvalue weighted by Gasteiger charge is 2.32. The maximum Gasteiger partial charge on any atom is 0.408 e. The van der Waals surface area contributed by atoms with Gasteiger partial charge in [-0.2, -0.15) is 0 Å². The third kappa shape index (κ3) is 8.47. The van der Waals surface area contributed by atoms with Crippen LogP contribution in [-0.4, -0.2) is 46.5 Å². The molecule has 2 aromatic rings. The average molecular weight is 517 g/mol. The van der Waals surface area contributed by atoms with Gasteiger partial charge in [-0.1, -0.05) is 33.8 Å². The summed E-state index contributed by atoms with van der Waals surface area (Å²) < 4.78 is 5.23. The Bertz CT molecular complexity index is 1040. The highest BCUT2D eigenvalue weighted by molar-refractivity contribution is 7.14. The fourth-order valence-corrected chi connectivity index (χ4v) is 4.44. The zero-order chi connectivity index (χ0) is 26.2. The van der Waals surface area contributed by atoms with Crippen molar-refractivity contribution in [2.75, 3.05) is 11.4 Å². The predicted molar refractivity (Wildman–Crippen MR) is 138 cm³/mol. The topological polar surface area (TPSA) is 126 Å². The molecule has 11 heteroatoms. The first-order valence-corrected chi connectivity index (χ1v) is 13.2. The molecule has 1 fully saturated rings. The predicted octanol–water partition coefficient (Wildman–Crippen LogP) is 3.57. The number of aryl methyl sites for hydroxylation is 1. The molecule has 1 atom stereocenters. The molecule has 1 aliphatic rings. The van der Waals surface area contributed by atoms with Crippen LogP contribution < -0.4 is 21.1 Å². The Morgan fingerprint density at radius 3 is 2.50 bits per heavy atom. The van der Waals surface area contributed by atoms with Gasteiger partial charge < -0.3 is 15.0 Å². The molecule has 0 bridgehead atoms. The van der Waals surface area contributed by atoms with E-state index in [1.165, 1.54) is 11.3 Å². The summed E-state index contributed by atoms with van der Waals surface area (Å²) in [5.41, 5.74) is 6.67. The van der Waals surface area contributed by atoms with E-state index in [0.29, 0.717) is 18.4 Å². The van der Waals surface area contributed by atoms with Crippen molar-refractivity contribution in [3.05, 3.63) is 40.7 Å². The fraction of sp³-hybridized carbons (Fsp3) is 0.560. The monoisotopic (exact) mass is 516 g/mol. The quantitative estimate of drug-likeness (QED) is 0.390. The van der Waals surface area contributed by atoms with Gasteiger partial charge in [-0.25, -0.2) is 9.78 Å². The van der Waals surface area contributed by atoms with Gasteiger partial charge in [0.2, 0.25) is 0 Å². The van der Waals surface area contributed by atoms with Crippen LogP contribution in [0.5, 0.6) is 0 Å². The van der Waals surface area contributed by atoms with E-state index in [2.05, 4.69) is 44.9 Å². The summed E-state index contributed by atoms with van der Waals surface area (Å²) in [5, 5.41) is 5.09. The van der Waals surface area contributed by atoms with Crippen LogP contribution in [-0.2, 0) is 16.1 Å².